The number of aromatic hydroxyl groups is 2. The van der Waals surface area contributed by atoms with Crippen LogP contribution in [0.1, 0.15) is 10.4 Å². The normalized spacial score (nSPS) is 11.2. The van der Waals surface area contributed by atoms with Crippen LogP contribution < -0.4 is 0 Å². The van der Waals surface area contributed by atoms with E-state index < -0.39 is 40.6 Å². The van der Waals surface area contributed by atoms with Gasteiger partial charge in [-0.2, -0.15) is 0 Å². The molecule has 0 bridgehead atoms. The van der Waals surface area contributed by atoms with Gasteiger partial charge in [-0.15, -0.1) is 0 Å². The Balaban J connectivity index is 2.05. The molecule has 0 unspecified atom stereocenters. The molecule has 0 saturated heterocycles. The Morgan fingerprint density at radius 2 is 1.23 bits per heavy atom. The van der Waals surface area contributed by atoms with E-state index in [-0.39, 0.29) is 28.1 Å². The van der Waals surface area contributed by atoms with Crippen molar-refractivity contribution in [3.05, 3.63) is 83.2 Å². The van der Waals surface area contributed by atoms with Crippen LogP contribution >= 0.6 is 0 Å². The Labute approximate surface area is 165 Å². The summed E-state index contributed by atoms with van der Waals surface area (Å²) in [6.45, 7) is 0. The predicted octanol–water partition coefficient (Wildman–Crippen LogP) is 5.10. The molecule has 152 valence electrons. The Hall–Kier alpha value is -3.88. The van der Waals surface area contributed by atoms with Crippen LogP contribution in [0.15, 0.2) is 48.5 Å². The number of hydrogen-bond acceptors (Lipinski definition) is 3. The average molecular weight is 419 g/mol. The molecule has 9 heteroatoms. The fraction of sp³-hybridized carbons (Fsp3) is 0. The zero-order valence-corrected chi connectivity index (χ0v) is 14.8. The van der Waals surface area contributed by atoms with Crippen LogP contribution in [0.25, 0.3) is 22.2 Å². The van der Waals surface area contributed by atoms with Gasteiger partial charge in [0.1, 0.15) is 17.1 Å². The van der Waals surface area contributed by atoms with E-state index in [9.17, 15) is 37.0 Å². The molecular weight excluding hydrogens is 409 g/mol. The second-order valence-electron chi connectivity index (χ2n) is 6.41. The second-order valence-corrected chi connectivity index (χ2v) is 6.41. The lowest BCUT2D eigenvalue weighted by Gasteiger charge is -2.12. The highest BCUT2D eigenvalue weighted by Crippen LogP contribution is 2.33. The molecule has 0 aliphatic rings. The number of aromatic nitrogens is 1. The number of benzene rings is 3. The smallest absolute Gasteiger partial charge is 0.269 e. The van der Waals surface area contributed by atoms with Crippen LogP contribution in [0.5, 0.6) is 11.5 Å². The van der Waals surface area contributed by atoms with Crippen molar-refractivity contribution < 1.29 is 37.0 Å². The van der Waals surface area contributed by atoms with E-state index in [1.807, 2.05) is 0 Å². The highest BCUT2D eigenvalue weighted by atomic mass is 19.2. The summed E-state index contributed by atoms with van der Waals surface area (Å²) in [5.41, 5.74) is -1.20. The summed E-state index contributed by atoms with van der Waals surface area (Å²) in [5.74, 6) is -13.1. The van der Waals surface area contributed by atoms with Gasteiger partial charge in [0, 0.05) is 5.39 Å². The fourth-order valence-electron chi connectivity index (χ4n) is 3.17. The predicted molar refractivity (Wildman–Crippen MR) is 96.7 cm³/mol. The van der Waals surface area contributed by atoms with E-state index in [0.717, 1.165) is 4.57 Å². The number of fused-ring (bicyclic) bond motifs is 1. The molecule has 0 aliphatic carbocycles. The number of rotatable bonds is 2. The fourth-order valence-corrected chi connectivity index (χ4v) is 3.17. The van der Waals surface area contributed by atoms with Crippen LogP contribution in [-0.4, -0.2) is 20.7 Å². The number of carbonyl (C=O) groups is 1. The molecule has 1 aromatic heterocycles. The van der Waals surface area contributed by atoms with Gasteiger partial charge in [0.2, 0.25) is 5.82 Å². The molecule has 0 spiro atoms. The lowest BCUT2D eigenvalue weighted by Crippen LogP contribution is -2.20. The maximum Gasteiger partial charge on any atom is 0.269 e. The Morgan fingerprint density at radius 1 is 0.700 bits per heavy atom. The van der Waals surface area contributed by atoms with Crippen LogP contribution in [0.2, 0.25) is 0 Å². The monoisotopic (exact) mass is 419 g/mol. The average Bonchev–Trinajstić information content (AvgIpc) is 3.09. The van der Waals surface area contributed by atoms with E-state index in [0.29, 0.717) is 5.56 Å². The van der Waals surface area contributed by atoms with E-state index in [1.165, 1.54) is 48.5 Å². The highest BCUT2D eigenvalue weighted by molar-refractivity contribution is 6.06. The first-order valence-electron chi connectivity index (χ1n) is 8.40. The van der Waals surface area contributed by atoms with E-state index in [4.69, 9.17) is 0 Å². The molecule has 4 rings (SSSR count). The van der Waals surface area contributed by atoms with Crippen molar-refractivity contribution in [1.82, 2.24) is 4.57 Å². The molecule has 0 radical (unpaired) electrons. The summed E-state index contributed by atoms with van der Waals surface area (Å²) < 4.78 is 70.0. The maximum atomic E-state index is 14.3. The summed E-state index contributed by atoms with van der Waals surface area (Å²) in [7, 11) is 0. The molecule has 0 amide bonds. The summed E-state index contributed by atoms with van der Waals surface area (Å²) in [6.07, 6.45) is 0. The number of phenols is 2. The minimum absolute atomic E-state index is 0.0459. The van der Waals surface area contributed by atoms with Crippen molar-refractivity contribution in [3.63, 3.8) is 0 Å². The third-order valence-electron chi connectivity index (χ3n) is 4.57. The first-order chi connectivity index (χ1) is 14.2. The van der Waals surface area contributed by atoms with Crippen LogP contribution in [0, 0.1) is 29.1 Å². The standard InChI is InChI=1S/C21H10F5NO3/c22-16-15(17(23)19(25)20(26)18(16)24)21(30)27-13-6-5-12(29)7-10(13)8-14(27)9-1-3-11(28)4-2-9/h1-8,28-29H. The molecule has 4 nitrogen and oxygen atoms in total. The van der Waals surface area contributed by atoms with Gasteiger partial charge < -0.3 is 10.2 Å². The maximum absolute atomic E-state index is 14.3. The molecule has 0 saturated carbocycles. The first-order valence-corrected chi connectivity index (χ1v) is 8.40. The zero-order chi connectivity index (χ0) is 21.7. The summed E-state index contributed by atoms with van der Waals surface area (Å²) >= 11 is 0. The van der Waals surface area contributed by atoms with Crippen molar-refractivity contribution in [2.45, 2.75) is 0 Å². The SMILES string of the molecule is O=C(c1c(F)c(F)c(F)c(F)c1F)n1c(-c2ccc(O)cc2)cc2cc(O)ccc21. The minimum Gasteiger partial charge on any atom is -0.508 e. The van der Waals surface area contributed by atoms with E-state index >= 15 is 0 Å². The molecular formula is C21H10F5NO3. The van der Waals surface area contributed by atoms with Gasteiger partial charge in [-0.05, 0) is 54.1 Å². The quantitative estimate of drug-likeness (QED) is 0.270. The number of nitrogens with zero attached hydrogens (tertiary/aromatic N) is 1. The molecule has 0 atom stereocenters. The molecule has 1 heterocycles. The molecule has 2 N–H and O–H groups in total. The van der Waals surface area contributed by atoms with Crippen LogP contribution in [0.4, 0.5) is 22.0 Å². The van der Waals surface area contributed by atoms with E-state index in [1.54, 1.807) is 0 Å². The molecule has 4 aromatic rings. The van der Waals surface area contributed by atoms with Crippen molar-refractivity contribution in [2.24, 2.45) is 0 Å². The number of halogens is 5. The van der Waals surface area contributed by atoms with Gasteiger partial charge in [-0.1, -0.05) is 0 Å². The summed E-state index contributed by atoms with van der Waals surface area (Å²) in [5, 5.41) is 19.4. The van der Waals surface area contributed by atoms with Gasteiger partial charge in [0.15, 0.2) is 23.3 Å². The largest absolute Gasteiger partial charge is 0.508 e. The number of hydrogen-bond donors (Lipinski definition) is 2. The number of phenolic OH excluding ortho intramolecular Hbond substituents is 2. The second kappa shape index (κ2) is 6.87. The first kappa shape index (κ1) is 19.4. The van der Waals surface area contributed by atoms with Crippen molar-refractivity contribution in [3.8, 4) is 22.8 Å². The summed E-state index contributed by atoms with van der Waals surface area (Å²) in [4.78, 5) is 13.0. The lowest BCUT2D eigenvalue weighted by molar-refractivity contribution is 0.0955. The van der Waals surface area contributed by atoms with Crippen molar-refractivity contribution >= 4 is 16.8 Å². The van der Waals surface area contributed by atoms with Crippen molar-refractivity contribution in [2.75, 3.05) is 0 Å². The Morgan fingerprint density at radius 3 is 1.83 bits per heavy atom. The zero-order valence-electron chi connectivity index (χ0n) is 14.8. The van der Waals surface area contributed by atoms with Gasteiger partial charge in [0.05, 0.1) is 11.2 Å². The van der Waals surface area contributed by atoms with Crippen LogP contribution in [0.3, 0.4) is 0 Å². The molecule has 3 aromatic carbocycles. The minimum atomic E-state index is -2.37. The summed E-state index contributed by atoms with van der Waals surface area (Å²) in [6, 6.07) is 10.5. The molecule has 0 fully saturated rings. The number of carbonyl (C=O) groups excluding carboxylic acids is 1. The Kier molecular flexibility index (Phi) is 4.45. The highest BCUT2D eigenvalue weighted by Gasteiger charge is 2.32. The van der Waals surface area contributed by atoms with Gasteiger partial charge in [0.25, 0.3) is 5.91 Å². The third kappa shape index (κ3) is 2.86. The molecule has 30 heavy (non-hydrogen) atoms. The van der Waals surface area contributed by atoms with Gasteiger partial charge >= 0.3 is 0 Å². The van der Waals surface area contributed by atoms with Crippen LogP contribution in [-0.2, 0) is 0 Å². The lowest BCUT2D eigenvalue weighted by atomic mass is 10.1. The van der Waals surface area contributed by atoms with E-state index in [2.05, 4.69) is 0 Å². The Bertz CT molecular complexity index is 1300. The van der Waals surface area contributed by atoms with Gasteiger partial charge in [-0.3, -0.25) is 9.36 Å². The van der Waals surface area contributed by atoms with Crippen molar-refractivity contribution in [1.29, 1.82) is 0 Å². The third-order valence-corrected chi connectivity index (χ3v) is 4.57. The topological polar surface area (TPSA) is 62.5 Å². The van der Waals surface area contributed by atoms with Gasteiger partial charge in [-0.25, -0.2) is 22.0 Å². The molecule has 0 aliphatic heterocycles.